The van der Waals surface area contributed by atoms with Crippen LogP contribution in [0.5, 0.6) is 5.75 Å². The minimum atomic E-state index is -0.0417. The Morgan fingerprint density at radius 1 is 1.13 bits per heavy atom. The summed E-state index contributed by atoms with van der Waals surface area (Å²) in [6, 6.07) is 9.63. The van der Waals surface area contributed by atoms with E-state index in [0.29, 0.717) is 6.42 Å². The maximum atomic E-state index is 13.2. The Kier molecular flexibility index (Phi) is 5.74. The van der Waals surface area contributed by atoms with Gasteiger partial charge in [-0.25, -0.2) is 9.97 Å². The second-order valence-electron chi connectivity index (χ2n) is 7.68. The summed E-state index contributed by atoms with van der Waals surface area (Å²) in [5.41, 5.74) is 5.03. The first-order valence-electron chi connectivity index (χ1n) is 10.2. The normalized spacial score (nSPS) is 16.0. The van der Waals surface area contributed by atoms with Crippen LogP contribution in [0.25, 0.3) is 11.1 Å². The Morgan fingerprint density at radius 3 is 2.67 bits per heavy atom. The molecule has 1 aliphatic rings. The Bertz CT molecular complexity index is 1050. The lowest BCUT2D eigenvalue weighted by Crippen LogP contribution is -2.32. The molecule has 0 radical (unpaired) electrons. The first-order valence-corrected chi connectivity index (χ1v) is 10.2. The van der Waals surface area contributed by atoms with Crippen molar-refractivity contribution < 1.29 is 9.53 Å². The highest BCUT2D eigenvalue weighted by atomic mass is 16.5. The van der Waals surface area contributed by atoms with Crippen LogP contribution in [0.4, 0.5) is 0 Å². The summed E-state index contributed by atoms with van der Waals surface area (Å²) in [5.74, 6) is 1.63. The van der Waals surface area contributed by atoms with Gasteiger partial charge in [0.05, 0.1) is 25.3 Å². The molecule has 1 atom stereocenters. The van der Waals surface area contributed by atoms with Gasteiger partial charge in [0.2, 0.25) is 5.91 Å². The monoisotopic (exact) mass is 402 g/mol. The molecule has 0 N–H and O–H groups in total. The Labute approximate surface area is 177 Å². The van der Waals surface area contributed by atoms with Gasteiger partial charge in [0.15, 0.2) is 0 Å². The fraction of sp³-hybridized carbons (Fsp3) is 0.333. The van der Waals surface area contributed by atoms with Crippen molar-refractivity contribution in [2.75, 3.05) is 13.7 Å². The van der Waals surface area contributed by atoms with E-state index in [1.807, 2.05) is 61.5 Å². The summed E-state index contributed by atoms with van der Waals surface area (Å²) in [6.07, 6.45) is 7.75. The maximum Gasteiger partial charge on any atom is 0.227 e. The van der Waals surface area contributed by atoms with Gasteiger partial charge in [-0.2, -0.15) is 0 Å². The summed E-state index contributed by atoms with van der Waals surface area (Å²) in [4.78, 5) is 28.6. The van der Waals surface area contributed by atoms with E-state index >= 15 is 0 Å². The highest BCUT2D eigenvalue weighted by molar-refractivity contribution is 5.80. The number of hydrogen-bond acceptors (Lipinski definition) is 5. The van der Waals surface area contributed by atoms with Crippen molar-refractivity contribution in [3.05, 3.63) is 71.6 Å². The first-order chi connectivity index (χ1) is 14.6. The molecule has 0 saturated carbocycles. The molecule has 0 spiro atoms. The number of benzene rings is 1. The molecule has 1 amide bonds. The second kappa shape index (κ2) is 8.61. The molecule has 30 heavy (non-hydrogen) atoms. The standard InChI is InChI=1S/C24H26N4O2/c1-16-14-25-11-10-20(16)21-15-26-17(2)27-24(21)22-5-4-12-28(22)23(29)13-18-6-8-19(30-3)9-7-18/h6-11,14-15,22H,4-5,12-13H2,1-3H3/t22-/m1/s1. The van der Waals surface area contributed by atoms with Gasteiger partial charge in [-0.05, 0) is 61.6 Å². The number of carbonyl (C=O) groups is 1. The molecule has 0 bridgehead atoms. The van der Waals surface area contributed by atoms with E-state index in [2.05, 4.69) is 9.97 Å². The van der Waals surface area contributed by atoms with Crippen LogP contribution in [-0.4, -0.2) is 39.4 Å². The van der Waals surface area contributed by atoms with Crippen LogP contribution in [0.15, 0.2) is 48.9 Å². The minimum absolute atomic E-state index is 0.0417. The van der Waals surface area contributed by atoms with Gasteiger partial charge in [-0.15, -0.1) is 0 Å². The third-order valence-corrected chi connectivity index (χ3v) is 5.65. The summed E-state index contributed by atoms with van der Waals surface area (Å²) >= 11 is 0. The van der Waals surface area contributed by atoms with Gasteiger partial charge in [0.1, 0.15) is 11.6 Å². The number of methoxy groups -OCH3 is 1. The molecule has 2 aromatic heterocycles. The lowest BCUT2D eigenvalue weighted by atomic mass is 9.97. The van der Waals surface area contributed by atoms with E-state index in [-0.39, 0.29) is 11.9 Å². The number of nitrogens with zero attached hydrogens (tertiary/aromatic N) is 4. The van der Waals surface area contributed by atoms with Gasteiger partial charge in [0.25, 0.3) is 0 Å². The minimum Gasteiger partial charge on any atom is -0.497 e. The van der Waals surface area contributed by atoms with Gasteiger partial charge in [0, 0.05) is 30.7 Å². The number of amides is 1. The molecule has 4 rings (SSSR count). The number of rotatable bonds is 5. The van der Waals surface area contributed by atoms with E-state index in [9.17, 15) is 4.79 Å². The summed E-state index contributed by atoms with van der Waals surface area (Å²) < 4.78 is 5.21. The molecule has 0 unspecified atom stereocenters. The van der Waals surface area contributed by atoms with Crippen LogP contribution in [0, 0.1) is 13.8 Å². The molecule has 3 heterocycles. The van der Waals surface area contributed by atoms with E-state index < -0.39 is 0 Å². The van der Waals surface area contributed by atoms with E-state index in [1.165, 1.54) is 0 Å². The third-order valence-electron chi connectivity index (χ3n) is 5.65. The highest BCUT2D eigenvalue weighted by Crippen LogP contribution is 2.37. The number of aryl methyl sites for hydroxylation is 2. The number of likely N-dealkylation sites (tertiary alicyclic amines) is 1. The predicted molar refractivity (Wildman–Crippen MR) is 115 cm³/mol. The summed E-state index contributed by atoms with van der Waals surface area (Å²) in [7, 11) is 1.64. The molecular weight excluding hydrogens is 376 g/mol. The number of hydrogen-bond donors (Lipinski definition) is 0. The molecule has 154 valence electrons. The highest BCUT2D eigenvalue weighted by Gasteiger charge is 2.33. The zero-order chi connectivity index (χ0) is 21.1. The molecule has 1 aromatic carbocycles. The van der Waals surface area contributed by atoms with Gasteiger partial charge in [-0.1, -0.05) is 12.1 Å². The third kappa shape index (κ3) is 4.03. The van der Waals surface area contributed by atoms with Gasteiger partial charge in [-0.3, -0.25) is 9.78 Å². The SMILES string of the molecule is COc1ccc(CC(=O)N2CCC[C@@H]2c2nc(C)ncc2-c2ccncc2C)cc1. The number of aromatic nitrogens is 3. The van der Waals surface area contributed by atoms with Crippen molar-refractivity contribution in [3.8, 4) is 16.9 Å². The van der Waals surface area contributed by atoms with Crippen molar-refractivity contribution in [2.24, 2.45) is 0 Å². The van der Waals surface area contributed by atoms with Crippen LogP contribution in [0.2, 0.25) is 0 Å². The molecule has 1 aliphatic heterocycles. The molecule has 1 fully saturated rings. The molecule has 6 heteroatoms. The Hall–Kier alpha value is -3.28. The zero-order valence-corrected chi connectivity index (χ0v) is 17.6. The van der Waals surface area contributed by atoms with E-state index in [4.69, 9.17) is 9.72 Å². The largest absolute Gasteiger partial charge is 0.497 e. The molecule has 3 aromatic rings. The van der Waals surface area contributed by atoms with E-state index in [0.717, 1.165) is 58.9 Å². The Morgan fingerprint density at radius 2 is 1.93 bits per heavy atom. The van der Waals surface area contributed by atoms with Crippen molar-refractivity contribution in [3.63, 3.8) is 0 Å². The van der Waals surface area contributed by atoms with Crippen molar-refractivity contribution in [1.82, 2.24) is 19.9 Å². The fourth-order valence-corrected chi connectivity index (χ4v) is 4.09. The lowest BCUT2D eigenvalue weighted by Gasteiger charge is -2.26. The Balaban J connectivity index is 1.64. The molecule has 0 aliphatic carbocycles. The molecular formula is C24H26N4O2. The topological polar surface area (TPSA) is 68.2 Å². The average Bonchev–Trinajstić information content (AvgIpc) is 3.25. The quantitative estimate of drug-likeness (QED) is 0.643. The summed E-state index contributed by atoms with van der Waals surface area (Å²) in [6.45, 7) is 4.68. The van der Waals surface area contributed by atoms with Gasteiger partial charge >= 0.3 is 0 Å². The van der Waals surface area contributed by atoms with Crippen molar-refractivity contribution in [1.29, 1.82) is 0 Å². The van der Waals surface area contributed by atoms with Crippen molar-refractivity contribution in [2.45, 2.75) is 39.2 Å². The lowest BCUT2D eigenvalue weighted by molar-refractivity contribution is -0.131. The van der Waals surface area contributed by atoms with Crippen LogP contribution in [-0.2, 0) is 11.2 Å². The maximum absolute atomic E-state index is 13.2. The average molecular weight is 402 g/mol. The van der Waals surface area contributed by atoms with Crippen LogP contribution < -0.4 is 4.74 Å². The first kappa shape index (κ1) is 20.0. The molecule has 1 saturated heterocycles. The summed E-state index contributed by atoms with van der Waals surface area (Å²) in [5, 5.41) is 0. The number of carbonyl (C=O) groups excluding carboxylic acids is 1. The van der Waals surface area contributed by atoms with Crippen LogP contribution in [0.3, 0.4) is 0 Å². The molecule has 6 nitrogen and oxygen atoms in total. The van der Waals surface area contributed by atoms with Gasteiger partial charge < -0.3 is 9.64 Å². The smallest absolute Gasteiger partial charge is 0.227 e. The second-order valence-corrected chi connectivity index (χ2v) is 7.68. The van der Waals surface area contributed by atoms with E-state index in [1.54, 1.807) is 13.3 Å². The predicted octanol–water partition coefficient (Wildman–Crippen LogP) is 4.07. The zero-order valence-electron chi connectivity index (χ0n) is 17.6. The fourth-order valence-electron chi connectivity index (χ4n) is 4.09. The van der Waals surface area contributed by atoms with Crippen molar-refractivity contribution >= 4 is 5.91 Å². The van der Waals surface area contributed by atoms with Crippen LogP contribution >= 0.6 is 0 Å². The number of ether oxygens (including phenoxy) is 1. The number of pyridine rings is 1. The van der Waals surface area contributed by atoms with Crippen LogP contribution in [0.1, 0.15) is 41.5 Å².